The Morgan fingerprint density at radius 1 is 1.25 bits per heavy atom. The topological polar surface area (TPSA) is 43.8 Å². The Morgan fingerprint density at radius 2 is 1.95 bits per heavy atom. The van der Waals surface area contributed by atoms with Gasteiger partial charge in [-0.15, -0.1) is 0 Å². The summed E-state index contributed by atoms with van der Waals surface area (Å²) in [6.45, 7) is 9.29. The number of aromatic nitrogens is 2. The highest BCUT2D eigenvalue weighted by atomic mass is 19.1. The number of anilines is 1. The van der Waals surface area contributed by atoms with E-state index in [9.17, 15) is 4.39 Å². The van der Waals surface area contributed by atoms with Gasteiger partial charge in [0.05, 0.1) is 0 Å². The first kappa shape index (κ1) is 14.6. The molecule has 0 spiro atoms. The normalized spacial score (nSPS) is 11.6. The van der Waals surface area contributed by atoms with Crippen LogP contribution in [-0.2, 0) is 6.54 Å². The van der Waals surface area contributed by atoms with E-state index in [0.717, 1.165) is 17.9 Å². The van der Waals surface area contributed by atoms with Crippen LogP contribution in [0.25, 0.3) is 11.3 Å². The van der Waals surface area contributed by atoms with Gasteiger partial charge in [-0.2, -0.15) is 0 Å². The third-order valence-corrected chi connectivity index (χ3v) is 3.20. The maximum Gasteiger partial charge on any atom is 0.131 e. The molecule has 2 rings (SSSR count). The standard InChI is InChI=1S/C16H22FN3/c1-10(2)9-20-15(18)14(19-16(20)11(3)4)12-6-5-7-13(17)8-12/h5-8,10-11H,9,18H2,1-4H3. The Bertz CT molecular complexity index is 600. The van der Waals surface area contributed by atoms with E-state index in [1.165, 1.54) is 12.1 Å². The average Bonchev–Trinajstić information content (AvgIpc) is 2.67. The molecule has 1 aromatic carbocycles. The number of rotatable bonds is 4. The van der Waals surface area contributed by atoms with E-state index in [1.807, 2.05) is 6.07 Å². The smallest absolute Gasteiger partial charge is 0.131 e. The van der Waals surface area contributed by atoms with Gasteiger partial charge in [0.15, 0.2) is 0 Å². The summed E-state index contributed by atoms with van der Waals surface area (Å²) in [5, 5.41) is 0. The summed E-state index contributed by atoms with van der Waals surface area (Å²) in [5.74, 6) is 2.05. The van der Waals surface area contributed by atoms with Crippen LogP contribution in [0.15, 0.2) is 24.3 Å². The summed E-state index contributed by atoms with van der Waals surface area (Å²) in [4.78, 5) is 4.64. The van der Waals surface area contributed by atoms with Crippen LogP contribution in [0.1, 0.15) is 39.4 Å². The van der Waals surface area contributed by atoms with Crippen molar-refractivity contribution in [1.29, 1.82) is 0 Å². The third-order valence-electron chi connectivity index (χ3n) is 3.20. The fraction of sp³-hybridized carbons (Fsp3) is 0.438. The fourth-order valence-corrected chi connectivity index (χ4v) is 2.33. The zero-order valence-corrected chi connectivity index (χ0v) is 12.5. The van der Waals surface area contributed by atoms with E-state index >= 15 is 0 Å². The molecule has 20 heavy (non-hydrogen) atoms. The second-order valence-electron chi connectivity index (χ2n) is 5.87. The zero-order chi connectivity index (χ0) is 14.9. The van der Waals surface area contributed by atoms with Gasteiger partial charge < -0.3 is 10.3 Å². The third kappa shape index (κ3) is 2.84. The molecule has 1 heterocycles. The lowest BCUT2D eigenvalue weighted by Crippen LogP contribution is -2.12. The second kappa shape index (κ2) is 5.65. The van der Waals surface area contributed by atoms with Crippen molar-refractivity contribution in [3.8, 4) is 11.3 Å². The maximum absolute atomic E-state index is 13.4. The van der Waals surface area contributed by atoms with Crippen LogP contribution in [0, 0.1) is 11.7 Å². The molecule has 2 N–H and O–H groups in total. The number of nitrogens with two attached hydrogens (primary N) is 1. The largest absolute Gasteiger partial charge is 0.383 e. The molecule has 0 unspecified atom stereocenters. The molecule has 0 aliphatic rings. The molecule has 108 valence electrons. The van der Waals surface area contributed by atoms with Crippen LogP contribution in [-0.4, -0.2) is 9.55 Å². The van der Waals surface area contributed by atoms with Gasteiger partial charge >= 0.3 is 0 Å². The van der Waals surface area contributed by atoms with Crippen molar-refractivity contribution in [2.75, 3.05) is 5.73 Å². The van der Waals surface area contributed by atoms with Gasteiger partial charge in [-0.1, -0.05) is 39.8 Å². The maximum atomic E-state index is 13.4. The van der Waals surface area contributed by atoms with E-state index < -0.39 is 0 Å². The van der Waals surface area contributed by atoms with Gasteiger partial charge in [0.25, 0.3) is 0 Å². The van der Waals surface area contributed by atoms with Crippen molar-refractivity contribution >= 4 is 5.82 Å². The Morgan fingerprint density at radius 3 is 2.50 bits per heavy atom. The first-order valence-electron chi connectivity index (χ1n) is 7.02. The lowest BCUT2D eigenvalue weighted by atomic mass is 10.1. The first-order valence-corrected chi connectivity index (χ1v) is 7.02. The molecule has 0 atom stereocenters. The molecule has 0 fully saturated rings. The minimum absolute atomic E-state index is 0.272. The molecule has 0 saturated heterocycles. The predicted octanol–water partition coefficient (Wildman–Crippen LogP) is 4.05. The number of halogens is 1. The highest BCUT2D eigenvalue weighted by molar-refractivity contribution is 5.71. The van der Waals surface area contributed by atoms with Crippen molar-refractivity contribution in [2.24, 2.45) is 5.92 Å². The SMILES string of the molecule is CC(C)Cn1c(C(C)C)nc(-c2cccc(F)c2)c1N. The molecule has 4 heteroatoms. The number of hydrogen-bond acceptors (Lipinski definition) is 2. The number of nitrogens with zero attached hydrogens (tertiary/aromatic N) is 2. The van der Waals surface area contributed by atoms with Crippen molar-refractivity contribution in [1.82, 2.24) is 9.55 Å². The van der Waals surface area contributed by atoms with Crippen LogP contribution >= 0.6 is 0 Å². The molecule has 0 radical (unpaired) electrons. The molecular formula is C16H22FN3. The lowest BCUT2D eigenvalue weighted by molar-refractivity contribution is 0.502. The van der Waals surface area contributed by atoms with E-state index in [0.29, 0.717) is 17.4 Å². The molecule has 3 nitrogen and oxygen atoms in total. The Balaban J connectivity index is 2.55. The highest BCUT2D eigenvalue weighted by Gasteiger charge is 2.19. The molecule has 0 amide bonds. The molecule has 0 bridgehead atoms. The summed E-state index contributed by atoms with van der Waals surface area (Å²) >= 11 is 0. The van der Waals surface area contributed by atoms with Gasteiger partial charge in [-0.25, -0.2) is 9.37 Å². The quantitative estimate of drug-likeness (QED) is 0.914. The van der Waals surface area contributed by atoms with E-state index in [2.05, 4.69) is 37.2 Å². The van der Waals surface area contributed by atoms with Crippen LogP contribution in [0.2, 0.25) is 0 Å². The van der Waals surface area contributed by atoms with Crippen molar-refractivity contribution in [3.63, 3.8) is 0 Å². The number of imidazole rings is 1. The number of nitrogen functional groups attached to an aromatic ring is 1. The van der Waals surface area contributed by atoms with Gasteiger partial charge in [0.2, 0.25) is 0 Å². The fourth-order valence-electron chi connectivity index (χ4n) is 2.33. The van der Waals surface area contributed by atoms with Crippen LogP contribution in [0.4, 0.5) is 10.2 Å². The summed E-state index contributed by atoms with van der Waals surface area (Å²) in [6.07, 6.45) is 0. The molecule has 1 aromatic heterocycles. The second-order valence-corrected chi connectivity index (χ2v) is 5.87. The Hall–Kier alpha value is -1.84. The van der Waals surface area contributed by atoms with Gasteiger partial charge in [-0.05, 0) is 18.1 Å². The molecule has 2 aromatic rings. The van der Waals surface area contributed by atoms with E-state index in [-0.39, 0.29) is 11.7 Å². The first-order chi connectivity index (χ1) is 9.40. The molecule has 0 aliphatic carbocycles. The van der Waals surface area contributed by atoms with Crippen molar-refractivity contribution in [2.45, 2.75) is 40.2 Å². The molecule has 0 aliphatic heterocycles. The summed E-state index contributed by atoms with van der Waals surface area (Å²) in [5.41, 5.74) is 7.65. The van der Waals surface area contributed by atoms with E-state index in [1.54, 1.807) is 6.07 Å². The van der Waals surface area contributed by atoms with Crippen molar-refractivity contribution in [3.05, 3.63) is 35.9 Å². The minimum Gasteiger partial charge on any atom is -0.383 e. The number of hydrogen-bond donors (Lipinski definition) is 1. The van der Waals surface area contributed by atoms with Gasteiger partial charge in [0.1, 0.15) is 23.2 Å². The summed E-state index contributed by atoms with van der Waals surface area (Å²) in [7, 11) is 0. The monoisotopic (exact) mass is 275 g/mol. The molecular weight excluding hydrogens is 253 g/mol. The van der Waals surface area contributed by atoms with Crippen LogP contribution in [0.5, 0.6) is 0 Å². The van der Waals surface area contributed by atoms with E-state index in [4.69, 9.17) is 5.73 Å². The minimum atomic E-state index is -0.272. The Kier molecular flexibility index (Phi) is 4.12. The average molecular weight is 275 g/mol. The van der Waals surface area contributed by atoms with Crippen molar-refractivity contribution < 1.29 is 4.39 Å². The summed E-state index contributed by atoms with van der Waals surface area (Å²) < 4.78 is 15.4. The Labute approximate surface area is 119 Å². The number of benzene rings is 1. The molecule has 0 saturated carbocycles. The predicted molar refractivity (Wildman–Crippen MR) is 81.0 cm³/mol. The van der Waals surface area contributed by atoms with Crippen LogP contribution < -0.4 is 5.73 Å². The lowest BCUT2D eigenvalue weighted by Gasteiger charge is -2.14. The summed E-state index contributed by atoms with van der Waals surface area (Å²) in [6, 6.07) is 6.42. The van der Waals surface area contributed by atoms with Gasteiger partial charge in [-0.3, -0.25) is 0 Å². The van der Waals surface area contributed by atoms with Gasteiger partial charge in [0, 0.05) is 18.0 Å². The zero-order valence-electron chi connectivity index (χ0n) is 12.5. The van der Waals surface area contributed by atoms with Crippen LogP contribution in [0.3, 0.4) is 0 Å². The highest BCUT2D eigenvalue weighted by Crippen LogP contribution is 2.30.